The molecule has 4 N–H and O–H groups in total. The molecule has 1 aromatic heterocycles. The van der Waals surface area contributed by atoms with Crippen LogP contribution in [-0.4, -0.2) is 66.5 Å². The summed E-state index contributed by atoms with van der Waals surface area (Å²) in [5.41, 5.74) is 15.4. The first-order valence-electron chi connectivity index (χ1n) is 11.2. The van der Waals surface area contributed by atoms with Gasteiger partial charge in [0.25, 0.3) is 0 Å². The van der Waals surface area contributed by atoms with Gasteiger partial charge in [0.15, 0.2) is 11.6 Å². The molecule has 0 atom stereocenters. The fourth-order valence-electron chi connectivity index (χ4n) is 4.20. The number of rotatable bonds is 9. The van der Waals surface area contributed by atoms with E-state index in [1.165, 1.54) is 0 Å². The Kier molecular flexibility index (Phi) is 7.68. The number of nitrogens with zero attached hydrogens (tertiary/aromatic N) is 5. The summed E-state index contributed by atoms with van der Waals surface area (Å²) < 4.78 is 0. The van der Waals surface area contributed by atoms with Crippen LogP contribution in [0.25, 0.3) is 0 Å². The highest BCUT2D eigenvalue weighted by atomic mass is 16.1. The van der Waals surface area contributed by atoms with Crippen LogP contribution in [-0.2, 0) is 0 Å². The Balaban J connectivity index is 1.54. The third-order valence-corrected chi connectivity index (χ3v) is 6.03. The molecule has 0 unspecified atom stereocenters. The van der Waals surface area contributed by atoms with Gasteiger partial charge in [-0.1, -0.05) is 13.8 Å². The highest BCUT2D eigenvalue weighted by molar-refractivity contribution is 5.96. The van der Waals surface area contributed by atoms with Crippen molar-refractivity contribution in [3.05, 3.63) is 35.5 Å². The summed E-state index contributed by atoms with van der Waals surface area (Å²) in [5, 5.41) is 0. The second-order valence-electron chi connectivity index (χ2n) is 7.98. The quantitative estimate of drug-likeness (QED) is 0.591. The number of Topliss-reactive ketones (excluding diaryl/α,β-unsaturated/α-hetero) is 1. The van der Waals surface area contributed by atoms with Gasteiger partial charge in [-0.25, -0.2) is 4.98 Å². The Hall–Kier alpha value is -2.87. The molecule has 2 heterocycles. The summed E-state index contributed by atoms with van der Waals surface area (Å²) >= 11 is 0. The number of nitrogen functional groups attached to an aromatic ring is 2. The molecule has 0 bridgehead atoms. The van der Waals surface area contributed by atoms with Gasteiger partial charge in [0, 0.05) is 43.9 Å². The van der Waals surface area contributed by atoms with E-state index in [9.17, 15) is 4.79 Å². The van der Waals surface area contributed by atoms with Crippen LogP contribution >= 0.6 is 0 Å². The van der Waals surface area contributed by atoms with Gasteiger partial charge in [0.1, 0.15) is 5.69 Å². The number of benzene rings is 1. The zero-order chi connectivity index (χ0) is 22.4. The summed E-state index contributed by atoms with van der Waals surface area (Å²) in [6.45, 7) is 12.6. The lowest BCUT2D eigenvalue weighted by Gasteiger charge is -2.38. The number of piperazine rings is 1. The maximum Gasteiger partial charge on any atom is 0.222 e. The molecule has 3 rings (SSSR count). The molecule has 1 aliphatic rings. The summed E-state index contributed by atoms with van der Waals surface area (Å²) in [6.07, 6.45) is 1.50. The van der Waals surface area contributed by atoms with Crippen molar-refractivity contribution in [1.29, 1.82) is 0 Å². The topological polar surface area (TPSA) is 105 Å². The fourth-order valence-corrected chi connectivity index (χ4v) is 4.20. The van der Waals surface area contributed by atoms with Gasteiger partial charge in [-0.15, -0.1) is 0 Å². The number of anilines is 4. The maximum absolute atomic E-state index is 12.5. The van der Waals surface area contributed by atoms with Crippen molar-refractivity contribution in [3.63, 3.8) is 0 Å². The van der Waals surface area contributed by atoms with E-state index in [1.54, 1.807) is 0 Å². The van der Waals surface area contributed by atoms with Crippen LogP contribution in [0, 0.1) is 6.92 Å². The first-order chi connectivity index (χ1) is 14.9. The molecular formula is C23H35N7O. The van der Waals surface area contributed by atoms with E-state index < -0.39 is 0 Å². The highest BCUT2D eigenvalue weighted by Crippen LogP contribution is 2.27. The average molecular weight is 426 g/mol. The zero-order valence-corrected chi connectivity index (χ0v) is 19.0. The zero-order valence-electron chi connectivity index (χ0n) is 19.0. The van der Waals surface area contributed by atoms with Crippen molar-refractivity contribution in [2.75, 3.05) is 67.1 Å². The molecule has 0 radical (unpaired) electrons. The third-order valence-electron chi connectivity index (χ3n) is 6.03. The highest BCUT2D eigenvalue weighted by Gasteiger charge is 2.22. The second-order valence-corrected chi connectivity index (χ2v) is 7.98. The summed E-state index contributed by atoms with van der Waals surface area (Å²) in [4.78, 5) is 27.8. The SMILES string of the molecule is CCN(CC)CCCC(=O)c1ccc(N2CCN(c3c(C)nc(N)nc3N)CC2)cc1. The molecule has 0 aliphatic carbocycles. The van der Waals surface area contributed by atoms with Crippen molar-refractivity contribution >= 4 is 28.9 Å². The Morgan fingerprint density at radius 2 is 1.61 bits per heavy atom. The predicted octanol–water partition coefficient (Wildman–Crippen LogP) is 2.58. The Labute approximate surface area is 185 Å². The van der Waals surface area contributed by atoms with E-state index in [2.05, 4.69) is 50.6 Å². The van der Waals surface area contributed by atoms with E-state index in [0.29, 0.717) is 12.2 Å². The molecule has 31 heavy (non-hydrogen) atoms. The molecule has 168 valence electrons. The van der Waals surface area contributed by atoms with Crippen LogP contribution in [0.3, 0.4) is 0 Å². The van der Waals surface area contributed by atoms with Crippen molar-refractivity contribution in [1.82, 2.24) is 14.9 Å². The number of ketones is 1. The van der Waals surface area contributed by atoms with Gasteiger partial charge < -0.3 is 26.2 Å². The minimum absolute atomic E-state index is 0.208. The lowest BCUT2D eigenvalue weighted by molar-refractivity contribution is 0.0975. The van der Waals surface area contributed by atoms with Crippen LogP contribution in [0.4, 0.5) is 23.1 Å². The summed E-state index contributed by atoms with van der Waals surface area (Å²) in [6, 6.07) is 8.02. The minimum Gasteiger partial charge on any atom is -0.382 e. The third kappa shape index (κ3) is 5.64. The van der Waals surface area contributed by atoms with Gasteiger partial charge in [-0.3, -0.25) is 4.79 Å². The van der Waals surface area contributed by atoms with Gasteiger partial charge in [-0.2, -0.15) is 4.98 Å². The molecule has 1 aliphatic heterocycles. The van der Waals surface area contributed by atoms with Gasteiger partial charge in [0.05, 0.1) is 5.69 Å². The van der Waals surface area contributed by atoms with Crippen LogP contribution in [0.5, 0.6) is 0 Å². The molecular weight excluding hydrogens is 390 g/mol. The van der Waals surface area contributed by atoms with E-state index >= 15 is 0 Å². The van der Waals surface area contributed by atoms with Crippen molar-refractivity contribution < 1.29 is 4.79 Å². The van der Waals surface area contributed by atoms with Crippen LogP contribution in [0.1, 0.15) is 42.7 Å². The smallest absolute Gasteiger partial charge is 0.222 e. The lowest BCUT2D eigenvalue weighted by Crippen LogP contribution is -2.47. The molecule has 8 nitrogen and oxygen atoms in total. The number of aromatic nitrogens is 2. The Bertz CT molecular complexity index is 849. The number of aryl methyl sites for hydroxylation is 1. The van der Waals surface area contributed by atoms with Crippen molar-refractivity contribution in [2.45, 2.75) is 33.6 Å². The lowest BCUT2D eigenvalue weighted by atomic mass is 10.1. The molecule has 1 aromatic carbocycles. The molecule has 2 aromatic rings. The van der Waals surface area contributed by atoms with E-state index in [0.717, 1.165) is 74.9 Å². The maximum atomic E-state index is 12.5. The number of nitrogens with two attached hydrogens (primary N) is 2. The standard InChI is InChI=1S/C23H35N7O/c1-4-28(5-2)12-6-7-20(31)18-8-10-19(11-9-18)29-13-15-30(16-14-29)21-17(3)26-23(25)27-22(21)24/h8-11H,4-7,12-16H2,1-3H3,(H4,24,25,26,27). The van der Waals surface area contributed by atoms with Crippen LogP contribution in [0.2, 0.25) is 0 Å². The van der Waals surface area contributed by atoms with Crippen molar-refractivity contribution in [2.24, 2.45) is 0 Å². The van der Waals surface area contributed by atoms with Crippen LogP contribution < -0.4 is 21.3 Å². The summed E-state index contributed by atoms with van der Waals surface area (Å²) in [7, 11) is 0. The van der Waals surface area contributed by atoms with Crippen LogP contribution in [0.15, 0.2) is 24.3 Å². The number of carbonyl (C=O) groups excluding carboxylic acids is 1. The molecule has 1 fully saturated rings. The monoisotopic (exact) mass is 425 g/mol. The molecule has 0 amide bonds. The van der Waals surface area contributed by atoms with Gasteiger partial charge in [-0.05, 0) is 57.2 Å². The number of carbonyl (C=O) groups is 1. The first-order valence-corrected chi connectivity index (χ1v) is 11.2. The van der Waals surface area contributed by atoms with Gasteiger partial charge >= 0.3 is 0 Å². The fraction of sp³-hybridized carbons (Fsp3) is 0.522. The minimum atomic E-state index is 0.208. The van der Waals surface area contributed by atoms with E-state index in [1.807, 2.05) is 19.1 Å². The molecule has 0 spiro atoms. The first kappa shape index (κ1) is 22.8. The molecule has 0 saturated carbocycles. The van der Waals surface area contributed by atoms with E-state index in [-0.39, 0.29) is 11.7 Å². The summed E-state index contributed by atoms with van der Waals surface area (Å²) in [5.74, 6) is 0.861. The number of hydrogen-bond acceptors (Lipinski definition) is 8. The van der Waals surface area contributed by atoms with Gasteiger partial charge in [0.2, 0.25) is 5.95 Å². The normalized spacial score (nSPS) is 14.3. The molecule has 8 heteroatoms. The molecule has 1 saturated heterocycles. The average Bonchev–Trinajstić information content (AvgIpc) is 2.76. The van der Waals surface area contributed by atoms with E-state index in [4.69, 9.17) is 11.5 Å². The second kappa shape index (κ2) is 10.4. The Morgan fingerprint density at radius 1 is 1.00 bits per heavy atom. The van der Waals surface area contributed by atoms with Crippen molar-refractivity contribution in [3.8, 4) is 0 Å². The largest absolute Gasteiger partial charge is 0.382 e. The number of hydrogen-bond donors (Lipinski definition) is 2. The predicted molar refractivity (Wildman–Crippen MR) is 128 cm³/mol. The Morgan fingerprint density at radius 3 is 2.19 bits per heavy atom.